The van der Waals surface area contributed by atoms with Crippen molar-refractivity contribution in [3.05, 3.63) is 86.2 Å². The van der Waals surface area contributed by atoms with Gasteiger partial charge < -0.3 is 4.42 Å². The highest BCUT2D eigenvalue weighted by Gasteiger charge is 2.11. The lowest BCUT2D eigenvalue weighted by molar-refractivity contribution is 0.104. The minimum atomic E-state index is -0.660. The van der Waals surface area contributed by atoms with Gasteiger partial charge in [0.2, 0.25) is 0 Å². The highest BCUT2D eigenvalue weighted by molar-refractivity contribution is 6.42. The van der Waals surface area contributed by atoms with Gasteiger partial charge in [-0.05, 0) is 35.9 Å². The average molecular weight is 345 g/mol. The van der Waals surface area contributed by atoms with Crippen LogP contribution in [-0.2, 0) is 0 Å². The number of carbonyl (C=O) groups is 1. The molecule has 0 fully saturated rings. The van der Waals surface area contributed by atoms with Crippen molar-refractivity contribution >= 4 is 46.0 Å². The molecule has 0 aliphatic rings. The zero-order chi connectivity index (χ0) is 16.4. The van der Waals surface area contributed by atoms with Crippen molar-refractivity contribution in [2.75, 3.05) is 0 Å². The fourth-order valence-electron chi connectivity index (χ4n) is 2.11. The van der Waals surface area contributed by atoms with Crippen LogP contribution in [0.25, 0.3) is 17.0 Å². The third-order valence-electron chi connectivity index (χ3n) is 3.28. The van der Waals surface area contributed by atoms with E-state index >= 15 is 0 Å². The van der Waals surface area contributed by atoms with E-state index in [-0.39, 0.29) is 5.56 Å². The molecule has 0 N–H and O–H groups in total. The quantitative estimate of drug-likeness (QED) is 0.381. The van der Waals surface area contributed by atoms with Crippen LogP contribution in [0.1, 0.15) is 15.9 Å². The normalized spacial score (nSPS) is 11.2. The number of halogens is 2. The second kappa shape index (κ2) is 6.41. The summed E-state index contributed by atoms with van der Waals surface area (Å²) in [6.45, 7) is 0. The number of benzene rings is 2. The van der Waals surface area contributed by atoms with Gasteiger partial charge in [0.15, 0.2) is 5.78 Å². The molecule has 0 saturated carbocycles. The summed E-state index contributed by atoms with van der Waals surface area (Å²) in [7, 11) is 0. The van der Waals surface area contributed by atoms with E-state index in [2.05, 4.69) is 0 Å². The molecule has 3 aromatic rings. The third-order valence-corrected chi connectivity index (χ3v) is 4.02. The van der Waals surface area contributed by atoms with Crippen LogP contribution in [-0.4, -0.2) is 5.78 Å². The molecule has 0 unspecified atom stereocenters. The predicted molar refractivity (Wildman–Crippen MR) is 92.3 cm³/mol. The molecule has 5 heteroatoms. The zero-order valence-corrected chi connectivity index (χ0v) is 13.3. The monoisotopic (exact) mass is 344 g/mol. The minimum absolute atomic E-state index is 0.0139. The maximum absolute atomic E-state index is 12.2. The molecule has 0 amide bonds. The van der Waals surface area contributed by atoms with Gasteiger partial charge in [0.1, 0.15) is 11.1 Å². The first kappa shape index (κ1) is 15.5. The van der Waals surface area contributed by atoms with E-state index in [1.165, 1.54) is 12.1 Å². The first-order valence-electron chi connectivity index (χ1n) is 6.75. The van der Waals surface area contributed by atoms with Crippen LogP contribution in [0.4, 0.5) is 0 Å². The van der Waals surface area contributed by atoms with Crippen LogP contribution in [0.15, 0.2) is 63.8 Å². The molecule has 114 valence electrons. The smallest absolute Gasteiger partial charge is 0.347 e. The fraction of sp³-hybridized carbons (Fsp3) is 0. The summed E-state index contributed by atoms with van der Waals surface area (Å²) in [5, 5.41) is 1.52. The third kappa shape index (κ3) is 3.36. The Bertz CT molecular complexity index is 987. The number of fused-ring (bicyclic) bond motifs is 1. The summed E-state index contributed by atoms with van der Waals surface area (Å²) in [4.78, 5) is 24.2. The number of para-hydroxylation sites is 1. The molecular weight excluding hydrogens is 335 g/mol. The molecule has 0 aliphatic carbocycles. The van der Waals surface area contributed by atoms with Gasteiger partial charge in [0, 0.05) is 5.39 Å². The number of hydrogen-bond donors (Lipinski definition) is 0. The summed E-state index contributed by atoms with van der Waals surface area (Å²) >= 11 is 11.8. The van der Waals surface area contributed by atoms with Gasteiger partial charge in [0.05, 0.1) is 10.0 Å². The number of ketones is 1. The van der Waals surface area contributed by atoms with Gasteiger partial charge in [-0.2, -0.15) is 0 Å². The Morgan fingerprint density at radius 1 is 1.00 bits per heavy atom. The molecule has 0 bridgehead atoms. The lowest BCUT2D eigenvalue weighted by Gasteiger charge is -1.99. The molecular formula is C18H10Cl2O3. The largest absolute Gasteiger partial charge is 0.422 e. The summed E-state index contributed by atoms with van der Waals surface area (Å²) in [6, 6.07) is 13.5. The van der Waals surface area contributed by atoms with E-state index in [0.717, 1.165) is 0 Å². The van der Waals surface area contributed by atoms with E-state index < -0.39 is 11.4 Å². The molecule has 23 heavy (non-hydrogen) atoms. The Labute approximate surface area is 141 Å². The van der Waals surface area contributed by atoms with Crippen molar-refractivity contribution in [3.63, 3.8) is 0 Å². The Kier molecular flexibility index (Phi) is 4.33. The summed E-state index contributed by atoms with van der Waals surface area (Å²) in [5.74, 6) is -0.435. The van der Waals surface area contributed by atoms with Gasteiger partial charge in [-0.15, -0.1) is 0 Å². The van der Waals surface area contributed by atoms with E-state index in [4.69, 9.17) is 27.6 Å². The second-order valence-corrected chi connectivity index (χ2v) is 5.67. The van der Waals surface area contributed by atoms with Crippen LogP contribution < -0.4 is 5.63 Å². The van der Waals surface area contributed by atoms with Crippen molar-refractivity contribution in [3.8, 4) is 0 Å². The molecule has 3 nitrogen and oxygen atoms in total. The zero-order valence-electron chi connectivity index (χ0n) is 11.8. The first-order chi connectivity index (χ1) is 11.0. The summed E-state index contributed by atoms with van der Waals surface area (Å²) < 4.78 is 5.15. The molecule has 1 heterocycles. The van der Waals surface area contributed by atoms with Crippen molar-refractivity contribution in [2.45, 2.75) is 0 Å². The van der Waals surface area contributed by atoms with Crippen molar-refractivity contribution in [2.24, 2.45) is 0 Å². The Morgan fingerprint density at radius 3 is 2.57 bits per heavy atom. The maximum atomic E-state index is 12.2. The van der Waals surface area contributed by atoms with Gasteiger partial charge >= 0.3 is 5.63 Å². The number of rotatable bonds is 3. The van der Waals surface area contributed by atoms with E-state index in [0.29, 0.717) is 26.6 Å². The topological polar surface area (TPSA) is 47.3 Å². The number of hydrogen-bond acceptors (Lipinski definition) is 3. The number of carbonyl (C=O) groups excluding carboxylic acids is 1. The lowest BCUT2D eigenvalue weighted by atomic mass is 10.1. The molecule has 0 saturated heterocycles. The summed E-state index contributed by atoms with van der Waals surface area (Å²) in [6.07, 6.45) is 2.87. The maximum Gasteiger partial charge on any atom is 0.347 e. The molecule has 0 atom stereocenters. The van der Waals surface area contributed by atoms with Gasteiger partial charge in [0.25, 0.3) is 0 Å². The van der Waals surface area contributed by atoms with E-state index in [1.807, 2.05) is 6.07 Å². The molecule has 1 aromatic heterocycles. The summed E-state index contributed by atoms with van der Waals surface area (Å²) in [5.41, 5.74) is 0.480. The van der Waals surface area contributed by atoms with Crippen molar-refractivity contribution < 1.29 is 9.21 Å². The molecule has 0 aliphatic heterocycles. The van der Waals surface area contributed by atoms with Gasteiger partial charge in [-0.1, -0.05) is 53.5 Å². The van der Waals surface area contributed by atoms with E-state index in [9.17, 15) is 9.59 Å². The average Bonchev–Trinajstić information content (AvgIpc) is 2.55. The Balaban J connectivity index is 1.93. The minimum Gasteiger partial charge on any atom is -0.422 e. The predicted octanol–water partition coefficient (Wildman–Crippen LogP) is 5.00. The highest BCUT2D eigenvalue weighted by atomic mass is 35.5. The molecule has 3 rings (SSSR count). The van der Waals surface area contributed by atoms with Gasteiger partial charge in [-0.3, -0.25) is 4.79 Å². The second-order valence-electron chi connectivity index (χ2n) is 4.86. The number of allylic oxidation sites excluding steroid dienone is 1. The fourth-order valence-corrected chi connectivity index (χ4v) is 2.42. The first-order valence-corrected chi connectivity index (χ1v) is 7.50. The lowest BCUT2D eigenvalue weighted by Crippen LogP contribution is -2.11. The highest BCUT2D eigenvalue weighted by Crippen LogP contribution is 2.23. The van der Waals surface area contributed by atoms with Gasteiger partial charge in [-0.25, -0.2) is 4.79 Å². The standard InChI is InChI=1S/C18H10Cl2O3/c19-14-7-5-11(9-15(14)20)6-8-16(21)13-10-12-3-1-2-4-17(12)23-18(13)22/h1-10H/b8-6+. The van der Waals surface area contributed by atoms with Crippen LogP contribution in [0.3, 0.4) is 0 Å². The molecule has 2 aromatic carbocycles. The van der Waals surface area contributed by atoms with Crippen molar-refractivity contribution in [1.82, 2.24) is 0 Å². The Hall–Kier alpha value is -2.36. The SMILES string of the molecule is O=C(/C=C/c1ccc(Cl)c(Cl)c1)c1cc2ccccc2oc1=O. The Morgan fingerprint density at radius 2 is 1.78 bits per heavy atom. The van der Waals surface area contributed by atoms with Crippen LogP contribution in [0, 0.1) is 0 Å². The van der Waals surface area contributed by atoms with Crippen LogP contribution >= 0.6 is 23.2 Å². The molecule has 0 radical (unpaired) electrons. The van der Waals surface area contributed by atoms with Crippen LogP contribution in [0.2, 0.25) is 10.0 Å². The van der Waals surface area contributed by atoms with Crippen molar-refractivity contribution in [1.29, 1.82) is 0 Å². The molecule has 0 spiro atoms. The van der Waals surface area contributed by atoms with E-state index in [1.54, 1.807) is 42.5 Å². The van der Waals surface area contributed by atoms with Crippen LogP contribution in [0.5, 0.6) is 0 Å².